The fourth-order valence-corrected chi connectivity index (χ4v) is 3.59. The largest absolute Gasteiger partial charge is 0.356 e. The van der Waals surface area contributed by atoms with Crippen LogP contribution in [-0.4, -0.2) is 47.8 Å². The van der Waals surface area contributed by atoms with Crippen LogP contribution in [0.1, 0.15) is 12.0 Å². The molecular formula is C23H26N6O. The predicted octanol–water partition coefficient (Wildman–Crippen LogP) is 2.39. The summed E-state index contributed by atoms with van der Waals surface area (Å²) in [4.78, 5) is 18.5. The molecule has 1 amide bonds. The molecule has 1 atom stereocenters. The van der Waals surface area contributed by atoms with E-state index in [-0.39, 0.29) is 11.9 Å². The average molecular weight is 403 g/mol. The van der Waals surface area contributed by atoms with Gasteiger partial charge in [-0.2, -0.15) is 5.10 Å². The summed E-state index contributed by atoms with van der Waals surface area (Å²) >= 11 is 0. The van der Waals surface area contributed by atoms with Gasteiger partial charge < -0.3 is 15.5 Å². The summed E-state index contributed by atoms with van der Waals surface area (Å²) in [6.45, 7) is 1.36. The lowest BCUT2D eigenvalue weighted by Gasteiger charge is -2.19. The first-order valence-electron chi connectivity index (χ1n) is 10.1. The summed E-state index contributed by atoms with van der Waals surface area (Å²) in [5.41, 5.74) is 3.13. The summed E-state index contributed by atoms with van der Waals surface area (Å²) in [5, 5.41) is 11.1. The Balaban J connectivity index is 1.27. The van der Waals surface area contributed by atoms with Crippen LogP contribution in [0.2, 0.25) is 0 Å². The fraction of sp³-hybridized carbons (Fsp3) is 0.261. The maximum absolute atomic E-state index is 12.4. The van der Waals surface area contributed by atoms with Gasteiger partial charge in [0.15, 0.2) is 5.96 Å². The molecule has 0 radical (unpaired) electrons. The number of hydrogen-bond donors (Lipinski definition) is 2. The van der Waals surface area contributed by atoms with Crippen LogP contribution in [0.3, 0.4) is 0 Å². The van der Waals surface area contributed by atoms with Gasteiger partial charge in [0.1, 0.15) is 0 Å². The van der Waals surface area contributed by atoms with E-state index in [0.29, 0.717) is 18.9 Å². The highest BCUT2D eigenvalue weighted by Gasteiger charge is 2.30. The molecular weight excluding hydrogens is 376 g/mol. The minimum Gasteiger partial charge on any atom is -0.356 e. The third kappa shape index (κ3) is 4.68. The second-order valence-electron chi connectivity index (χ2n) is 7.26. The number of guanidine groups is 1. The van der Waals surface area contributed by atoms with Crippen LogP contribution in [-0.2, 0) is 11.2 Å². The lowest BCUT2D eigenvalue weighted by Crippen LogP contribution is -2.45. The highest BCUT2D eigenvalue weighted by Crippen LogP contribution is 2.20. The van der Waals surface area contributed by atoms with Crippen LogP contribution in [0.4, 0.5) is 5.69 Å². The number of para-hydroxylation sites is 2. The first kappa shape index (κ1) is 19.7. The van der Waals surface area contributed by atoms with Crippen molar-refractivity contribution in [3.05, 3.63) is 78.6 Å². The number of anilines is 1. The monoisotopic (exact) mass is 402 g/mol. The molecule has 7 nitrogen and oxygen atoms in total. The van der Waals surface area contributed by atoms with Gasteiger partial charge in [-0.15, -0.1) is 0 Å². The zero-order chi connectivity index (χ0) is 20.8. The van der Waals surface area contributed by atoms with Gasteiger partial charge in [0.25, 0.3) is 0 Å². The Morgan fingerprint density at radius 2 is 1.80 bits per heavy atom. The van der Waals surface area contributed by atoms with Gasteiger partial charge in [0, 0.05) is 38.4 Å². The number of nitrogens with zero attached hydrogens (tertiary/aromatic N) is 4. The molecule has 0 bridgehead atoms. The number of hydrogen-bond acceptors (Lipinski definition) is 3. The Kier molecular flexibility index (Phi) is 6.08. The van der Waals surface area contributed by atoms with Crippen LogP contribution in [0.25, 0.3) is 5.69 Å². The molecule has 4 rings (SSSR count). The standard InChI is InChI=1S/C23H26N6O/c1-24-23(27-19-14-22(30)28(17-19)20-8-4-2-5-9-20)25-13-12-18-15-26-29(16-18)21-10-6-3-7-11-21/h2-11,15-16,19H,12-14,17H2,1H3,(H2,24,25,27). The van der Waals surface area contributed by atoms with Crippen molar-refractivity contribution in [2.75, 3.05) is 25.0 Å². The quantitative estimate of drug-likeness (QED) is 0.490. The predicted molar refractivity (Wildman–Crippen MR) is 119 cm³/mol. The van der Waals surface area contributed by atoms with E-state index >= 15 is 0 Å². The summed E-state index contributed by atoms with van der Waals surface area (Å²) < 4.78 is 1.88. The van der Waals surface area contributed by atoms with Crippen molar-refractivity contribution >= 4 is 17.6 Å². The highest BCUT2D eigenvalue weighted by atomic mass is 16.2. The van der Waals surface area contributed by atoms with Gasteiger partial charge in [0.05, 0.1) is 17.9 Å². The maximum Gasteiger partial charge on any atom is 0.229 e. The Hall–Kier alpha value is -3.61. The van der Waals surface area contributed by atoms with Crippen molar-refractivity contribution < 1.29 is 4.79 Å². The molecule has 2 N–H and O–H groups in total. The molecule has 30 heavy (non-hydrogen) atoms. The van der Waals surface area contributed by atoms with Gasteiger partial charge >= 0.3 is 0 Å². The van der Waals surface area contributed by atoms with E-state index in [1.165, 1.54) is 0 Å². The van der Waals surface area contributed by atoms with Crippen LogP contribution in [0.15, 0.2) is 78.0 Å². The maximum atomic E-state index is 12.4. The Morgan fingerprint density at radius 1 is 1.10 bits per heavy atom. The number of carbonyl (C=O) groups is 1. The van der Waals surface area contributed by atoms with Crippen molar-refractivity contribution in [1.29, 1.82) is 0 Å². The van der Waals surface area contributed by atoms with E-state index in [9.17, 15) is 4.79 Å². The fourth-order valence-electron chi connectivity index (χ4n) is 3.59. The first-order chi connectivity index (χ1) is 14.7. The summed E-state index contributed by atoms with van der Waals surface area (Å²) in [7, 11) is 1.74. The van der Waals surface area contributed by atoms with Gasteiger partial charge in [-0.25, -0.2) is 4.68 Å². The van der Waals surface area contributed by atoms with Gasteiger partial charge in [-0.3, -0.25) is 9.79 Å². The number of nitrogens with one attached hydrogen (secondary N) is 2. The summed E-state index contributed by atoms with van der Waals surface area (Å²) in [5.74, 6) is 0.834. The lowest BCUT2D eigenvalue weighted by atomic mass is 10.2. The first-order valence-corrected chi connectivity index (χ1v) is 10.1. The van der Waals surface area contributed by atoms with E-state index in [4.69, 9.17) is 0 Å². The average Bonchev–Trinajstić information content (AvgIpc) is 3.41. The zero-order valence-corrected chi connectivity index (χ0v) is 17.0. The molecule has 3 aromatic rings. The lowest BCUT2D eigenvalue weighted by molar-refractivity contribution is -0.117. The van der Waals surface area contributed by atoms with Crippen molar-refractivity contribution in [2.24, 2.45) is 4.99 Å². The second kappa shape index (κ2) is 9.26. The van der Waals surface area contributed by atoms with E-state index in [1.807, 2.05) is 82.6 Å². The third-order valence-electron chi connectivity index (χ3n) is 5.12. The highest BCUT2D eigenvalue weighted by molar-refractivity contribution is 5.97. The molecule has 2 aromatic carbocycles. The molecule has 2 heterocycles. The van der Waals surface area contributed by atoms with Crippen molar-refractivity contribution in [2.45, 2.75) is 18.9 Å². The van der Waals surface area contributed by atoms with Crippen molar-refractivity contribution in [3.63, 3.8) is 0 Å². The smallest absolute Gasteiger partial charge is 0.229 e. The van der Waals surface area contributed by atoms with Crippen molar-refractivity contribution in [1.82, 2.24) is 20.4 Å². The molecule has 1 unspecified atom stereocenters. The molecule has 0 saturated carbocycles. The van der Waals surface area contributed by atoms with Crippen LogP contribution >= 0.6 is 0 Å². The molecule has 1 aromatic heterocycles. The number of amides is 1. The molecule has 1 saturated heterocycles. The molecule has 1 fully saturated rings. The molecule has 0 aliphatic carbocycles. The molecule has 7 heteroatoms. The normalized spacial score (nSPS) is 16.7. The minimum atomic E-state index is 0.0322. The van der Waals surface area contributed by atoms with E-state index in [2.05, 4.69) is 20.7 Å². The molecule has 0 spiro atoms. The van der Waals surface area contributed by atoms with E-state index in [1.54, 1.807) is 7.05 Å². The zero-order valence-electron chi connectivity index (χ0n) is 17.0. The van der Waals surface area contributed by atoms with E-state index in [0.717, 1.165) is 29.9 Å². The topological polar surface area (TPSA) is 74.5 Å². The van der Waals surface area contributed by atoms with Crippen LogP contribution in [0.5, 0.6) is 0 Å². The van der Waals surface area contributed by atoms with E-state index < -0.39 is 0 Å². The molecule has 154 valence electrons. The Bertz CT molecular complexity index is 999. The number of rotatable bonds is 6. The number of aromatic nitrogens is 2. The second-order valence-corrected chi connectivity index (χ2v) is 7.26. The van der Waals surface area contributed by atoms with Crippen LogP contribution < -0.4 is 15.5 Å². The Morgan fingerprint density at radius 3 is 2.50 bits per heavy atom. The molecule has 1 aliphatic heterocycles. The number of aliphatic imine (C=N–C) groups is 1. The summed E-state index contributed by atoms with van der Waals surface area (Å²) in [6.07, 6.45) is 5.21. The van der Waals surface area contributed by atoms with Gasteiger partial charge in [0.2, 0.25) is 5.91 Å². The minimum absolute atomic E-state index is 0.0322. The van der Waals surface area contributed by atoms with Crippen molar-refractivity contribution in [3.8, 4) is 5.69 Å². The number of carbonyl (C=O) groups excluding carboxylic acids is 1. The summed E-state index contributed by atoms with van der Waals surface area (Å²) in [6, 6.07) is 19.9. The SMILES string of the molecule is CN=C(NCCc1cnn(-c2ccccc2)c1)NC1CC(=O)N(c2ccccc2)C1. The van der Waals surface area contributed by atoms with Gasteiger partial charge in [-0.05, 0) is 36.2 Å². The van der Waals surface area contributed by atoms with Gasteiger partial charge in [-0.1, -0.05) is 36.4 Å². The number of benzene rings is 2. The van der Waals surface area contributed by atoms with Crippen LogP contribution in [0, 0.1) is 0 Å². The Labute approximate surface area is 176 Å². The molecule has 1 aliphatic rings. The third-order valence-corrected chi connectivity index (χ3v) is 5.12.